The van der Waals surface area contributed by atoms with Gasteiger partial charge < -0.3 is 30.4 Å². The maximum Gasteiger partial charge on any atom is 2.00 e. The summed E-state index contributed by atoms with van der Waals surface area (Å²) in [4.78, 5) is 41.7. The summed E-state index contributed by atoms with van der Waals surface area (Å²) in [7, 11) is 0. The van der Waals surface area contributed by atoms with Gasteiger partial charge in [-0.05, 0) is 27.7 Å². The molecule has 0 rings (SSSR count). The number of carbonyl (C=O) groups excluding carboxylic acids is 4. The maximum atomic E-state index is 10.8. The molecule has 0 saturated carbocycles. The Bertz CT molecular complexity index is 446. The minimum atomic E-state index is -1.31. The minimum absolute atomic E-state index is 0. The molecule has 0 aromatic heterocycles. The summed E-state index contributed by atoms with van der Waals surface area (Å²) in [5, 5.41) is 24.6. The van der Waals surface area contributed by atoms with Crippen molar-refractivity contribution < 1.29 is 29.4 Å². The van der Waals surface area contributed by atoms with Crippen molar-refractivity contribution in [3.8, 4) is 0 Å². The van der Waals surface area contributed by atoms with E-state index < -0.39 is 35.8 Å². The molecule has 2 amide bonds. The summed E-state index contributed by atoms with van der Waals surface area (Å²) in [6, 6.07) is -1.95. The summed E-state index contributed by atoms with van der Waals surface area (Å²) in [5.41, 5.74) is 0.552. The second-order valence-corrected chi connectivity index (χ2v) is 4.59. The van der Waals surface area contributed by atoms with Crippen molar-refractivity contribution in [2.24, 2.45) is 0 Å². The van der Waals surface area contributed by atoms with Crippen LogP contribution in [-0.4, -0.2) is 73.6 Å². The SMILES string of the molecule is C=C(C)C(=O)N[C@@H](C)C(=O)[O-].C=C(C)C(=O)N[C@@H](C)C(=O)[O-].[Ca+2]. The van der Waals surface area contributed by atoms with Crippen molar-refractivity contribution in [3.63, 3.8) is 0 Å². The predicted octanol–water partition coefficient (Wildman–Crippen LogP) is -2.75. The fourth-order valence-electron chi connectivity index (χ4n) is 0.758. The number of hydrogen-bond donors (Lipinski definition) is 2. The van der Waals surface area contributed by atoms with Gasteiger partial charge >= 0.3 is 37.7 Å². The second-order valence-electron chi connectivity index (χ2n) is 4.59. The Morgan fingerprint density at radius 2 is 1.00 bits per heavy atom. The zero-order valence-electron chi connectivity index (χ0n) is 13.7. The molecule has 0 heterocycles. The third-order valence-corrected chi connectivity index (χ3v) is 2.18. The third-order valence-electron chi connectivity index (χ3n) is 2.18. The van der Waals surface area contributed by atoms with Crippen molar-refractivity contribution in [3.05, 3.63) is 24.3 Å². The van der Waals surface area contributed by atoms with Crippen LogP contribution in [0.5, 0.6) is 0 Å². The smallest absolute Gasteiger partial charge is 0.548 e. The molecule has 0 fully saturated rings. The molecule has 0 saturated heterocycles. The Hall–Kier alpha value is -1.38. The van der Waals surface area contributed by atoms with Crippen LogP contribution in [0.3, 0.4) is 0 Å². The van der Waals surface area contributed by atoms with Gasteiger partial charge in [-0.2, -0.15) is 0 Å². The van der Waals surface area contributed by atoms with E-state index in [0.29, 0.717) is 0 Å². The first-order valence-corrected chi connectivity index (χ1v) is 6.24. The largest absolute Gasteiger partial charge is 2.00 e. The molecule has 0 unspecified atom stereocenters. The van der Waals surface area contributed by atoms with Crippen molar-refractivity contribution in [1.82, 2.24) is 10.6 Å². The molecule has 0 spiro atoms. The number of hydrogen-bond acceptors (Lipinski definition) is 6. The van der Waals surface area contributed by atoms with Gasteiger partial charge in [-0.15, -0.1) is 0 Å². The fourth-order valence-corrected chi connectivity index (χ4v) is 0.758. The standard InChI is InChI=1S/2C7H11NO3.Ca/c2*1-4(2)6(9)8-5(3)7(10)11;/h2*5H,1H2,2-3H3,(H,8,9)(H,10,11);/q;;+2/p-2/t2*5-;/m00./s1. The topological polar surface area (TPSA) is 138 Å². The molecule has 8 nitrogen and oxygen atoms in total. The molecule has 0 aliphatic heterocycles. The Balaban J connectivity index is -0.000000333. The van der Waals surface area contributed by atoms with Gasteiger partial charge in [0, 0.05) is 11.1 Å². The Morgan fingerprint density at radius 3 is 1.13 bits per heavy atom. The Kier molecular flexibility index (Phi) is 15.1. The second kappa shape index (κ2) is 13.1. The number of rotatable bonds is 6. The number of nitrogens with one attached hydrogen (secondary N) is 2. The molecule has 124 valence electrons. The van der Waals surface area contributed by atoms with Gasteiger partial charge in [0.05, 0.1) is 24.0 Å². The number of carbonyl (C=O) groups is 4. The van der Waals surface area contributed by atoms with Crippen molar-refractivity contribution in [2.45, 2.75) is 39.8 Å². The molecule has 0 radical (unpaired) electrons. The van der Waals surface area contributed by atoms with Crippen LogP contribution >= 0.6 is 0 Å². The maximum absolute atomic E-state index is 10.8. The zero-order valence-corrected chi connectivity index (χ0v) is 15.9. The molecular weight excluding hydrogens is 332 g/mol. The predicted molar refractivity (Wildman–Crippen MR) is 80.6 cm³/mol. The molecule has 0 aliphatic rings. The van der Waals surface area contributed by atoms with Gasteiger partial charge in [0.1, 0.15) is 0 Å². The van der Waals surface area contributed by atoms with E-state index in [1.807, 2.05) is 0 Å². The number of carboxylic acids is 2. The van der Waals surface area contributed by atoms with Gasteiger partial charge in [0.25, 0.3) is 0 Å². The number of aliphatic carboxylic acids is 2. The van der Waals surface area contributed by atoms with Gasteiger partial charge in [0.15, 0.2) is 0 Å². The molecule has 0 aromatic rings. The Labute approximate surface area is 165 Å². The van der Waals surface area contributed by atoms with E-state index in [2.05, 4.69) is 23.8 Å². The number of amides is 2. The quantitative estimate of drug-likeness (QED) is 0.393. The van der Waals surface area contributed by atoms with Gasteiger partial charge in [0.2, 0.25) is 11.8 Å². The van der Waals surface area contributed by atoms with Gasteiger partial charge in [-0.25, -0.2) is 0 Å². The van der Waals surface area contributed by atoms with Crippen molar-refractivity contribution >= 4 is 61.5 Å². The van der Waals surface area contributed by atoms with E-state index >= 15 is 0 Å². The molecular formula is C14H20CaN2O6. The number of carboxylic acid groups (broad SMARTS) is 2. The first kappa shape index (κ1) is 26.5. The van der Waals surface area contributed by atoms with E-state index in [1.165, 1.54) is 27.7 Å². The molecule has 0 aliphatic carbocycles. The van der Waals surface area contributed by atoms with Crippen LogP contribution in [-0.2, 0) is 19.2 Å². The van der Waals surface area contributed by atoms with Crippen LogP contribution in [0.25, 0.3) is 0 Å². The average molecular weight is 352 g/mol. The van der Waals surface area contributed by atoms with E-state index in [0.717, 1.165) is 0 Å². The normalized spacial score (nSPS) is 11.3. The zero-order chi connectivity index (χ0) is 18.0. The third kappa shape index (κ3) is 14.0. The monoisotopic (exact) mass is 352 g/mol. The first-order chi connectivity index (χ1) is 9.89. The van der Waals surface area contributed by atoms with Crippen LogP contribution in [0, 0.1) is 0 Å². The summed E-state index contributed by atoms with van der Waals surface area (Å²) >= 11 is 0. The molecule has 2 N–H and O–H groups in total. The van der Waals surface area contributed by atoms with Crippen LogP contribution in [0.1, 0.15) is 27.7 Å². The molecule has 0 aromatic carbocycles. The summed E-state index contributed by atoms with van der Waals surface area (Å²) in [6.07, 6.45) is 0. The van der Waals surface area contributed by atoms with E-state index in [9.17, 15) is 29.4 Å². The molecule has 0 bridgehead atoms. The van der Waals surface area contributed by atoms with Crippen molar-refractivity contribution in [2.75, 3.05) is 0 Å². The summed E-state index contributed by atoms with van der Waals surface area (Å²) in [5.74, 6) is -3.55. The fraction of sp³-hybridized carbons (Fsp3) is 0.429. The van der Waals surface area contributed by atoms with E-state index in [4.69, 9.17) is 0 Å². The minimum Gasteiger partial charge on any atom is -0.548 e. The van der Waals surface area contributed by atoms with Crippen LogP contribution < -0.4 is 20.8 Å². The van der Waals surface area contributed by atoms with E-state index in [-0.39, 0.29) is 48.9 Å². The van der Waals surface area contributed by atoms with Gasteiger partial charge in [-0.3, -0.25) is 9.59 Å². The molecule has 2 atom stereocenters. The molecule has 9 heteroatoms. The van der Waals surface area contributed by atoms with Gasteiger partial charge in [-0.1, -0.05) is 13.2 Å². The Morgan fingerprint density at radius 1 is 0.783 bits per heavy atom. The van der Waals surface area contributed by atoms with E-state index in [1.54, 1.807) is 0 Å². The van der Waals surface area contributed by atoms with Crippen LogP contribution in [0.4, 0.5) is 0 Å². The molecule has 23 heavy (non-hydrogen) atoms. The van der Waals surface area contributed by atoms with Crippen LogP contribution in [0.2, 0.25) is 0 Å². The van der Waals surface area contributed by atoms with Crippen molar-refractivity contribution in [1.29, 1.82) is 0 Å². The summed E-state index contributed by atoms with van der Waals surface area (Å²) in [6.45, 7) is 12.3. The first-order valence-electron chi connectivity index (χ1n) is 6.24. The van der Waals surface area contributed by atoms with Crippen LogP contribution in [0.15, 0.2) is 24.3 Å². The average Bonchev–Trinajstić information content (AvgIpc) is 2.38. The summed E-state index contributed by atoms with van der Waals surface area (Å²) < 4.78 is 0.